The molecule has 0 bridgehead atoms. The molecule has 1 heterocycles. The van der Waals surface area contributed by atoms with Crippen LogP contribution in [0.3, 0.4) is 0 Å². The second-order valence-corrected chi connectivity index (χ2v) is 7.77. The fourth-order valence-electron chi connectivity index (χ4n) is 2.92. The molecule has 4 nitrogen and oxygen atoms in total. The van der Waals surface area contributed by atoms with Crippen molar-refractivity contribution in [2.75, 3.05) is 13.7 Å². The van der Waals surface area contributed by atoms with Crippen molar-refractivity contribution in [2.45, 2.75) is 17.1 Å². The zero-order valence-electron chi connectivity index (χ0n) is 13.1. The Morgan fingerprint density at radius 1 is 1.08 bits per heavy atom. The molecule has 1 unspecified atom stereocenters. The summed E-state index contributed by atoms with van der Waals surface area (Å²) in [6.45, 7) is 1.63. The molecule has 2 atom stereocenters. The van der Waals surface area contributed by atoms with E-state index in [-0.39, 0.29) is 22.8 Å². The van der Waals surface area contributed by atoms with Gasteiger partial charge in [0.2, 0.25) is 0 Å². The predicted molar refractivity (Wildman–Crippen MR) is 83.9 cm³/mol. The lowest BCUT2D eigenvalue weighted by molar-refractivity contribution is 0.213. The second kappa shape index (κ2) is 6.05. The molecule has 1 aliphatic rings. The van der Waals surface area contributed by atoms with Crippen LogP contribution in [0.15, 0.2) is 41.3 Å². The summed E-state index contributed by atoms with van der Waals surface area (Å²) in [5.74, 6) is -1.91. The summed E-state index contributed by atoms with van der Waals surface area (Å²) in [5.41, 5.74) is -0.246. The summed E-state index contributed by atoms with van der Waals surface area (Å²) < 4.78 is 64.6. The summed E-state index contributed by atoms with van der Waals surface area (Å²) in [7, 11) is -2.46. The lowest BCUT2D eigenvalue weighted by atomic mass is 9.97. The monoisotopic (exact) mass is 354 g/mol. The van der Waals surface area contributed by atoms with Crippen LogP contribution in [0.4, 0.5) is 8.78 Å². The number of ether oxygens (including phenoxy) is 2. The SMILES string of the molecule is COc1ccc(S(=O)(=O)[C@@H]2c3c(F)ccc(F)c3OCC2C)cc1. The maximum Gasteiger partial charge on any atom is 0.186 e. The molecular formula is C17H16F2O4S. The molecule has 0 saturated heterocycles. The first kappa shape index (κ1) is 16.7. The lowest BCUT2D eigenvalue weighted by Crippen LogP contribution is -2.31. The van der Waals surface area contributed by atoms with Crippen molar-refractivity contribution in [1.29, 1.82) is 0 Å². The van der Waals surface area contributed by atoms with Gasteiger partial charge in [-0.3, -0.25) is 0 Å². The molecule has 0 N–H and O–H groups in total. The van der Waals surface area contributed by atoms with Gasteiger partial charge in [0.1, 0.15) is 16.8 Å². The van der Waals surface area contributed by atoms with E-state index in [0.717, 1.165) is 12.1 Å². The van der Waals surface area contributed by atoms with E-state index in [2.05, 4.69) is 0 Å². The zero-order valence-corrected chi connectivity index (χ0v) is 13.9. The first-order valence-electron chi connectivity index (χ1n) is 7.35. The number of hydrogen-bond donors (Lipinski definition) is 0. The first-order chi connectivity index (χ1) is 11.4. The Kier molecular flexibility index (Phi) is 4.21. The highest BCUT2D eigenvalue weighted by atomic mass is 32.2. The molecule has 1 aliphatic heterocycles. The van der Waals surface area contributed by atoms with Crippen LogP contribution < -0.4 is 9.47 Å². The molecule has 0 aromatic heterocycles. The van der Waals surface area contributed by atoms with Crippen LogP contribution in [-0.2, 0) is 9.84 Å². The molecular weight excluding hydrogens is 338 g/mol. The Balaban J connectivity index is 2.16. The Labute approximate surface area is 138 Å². The number of fused-ring (bicyclic) bond motifs is 1. The van der Waals surface area contributed by atoms with E-state index < -0.39 is 32.6 Å². The van der Waals surface area contributed by atoms with Crippen LogP contribution in [-0.4, -0.2) is 22.1 Å². The van der Waals surface area contributed by atoms with Crippen molar-refractivity contribution < 1.29 is 26.7 Å². The van der Waals surface area contributed by atoms with Crippen LogP contribution in [0, 0.1) is 17.6 Å². The van der Waals surface area contributed by atoms with Gasteiger partial charge in [0.05, 0.1) is 24.2 Å². The summed E-state index contributed by atoms with van der Waals surface area (Å²) in [4.78, 5) is 0.0247. The third-order valence-corrected chi connectivity index (χ3v) is 6.41. The zero-order chi connectivity index (χ0) is 17.5. The number of hydrogen-bond acceptors (Lipinski definition) is 4. The molecule has 0 aliphatic carbocycles. The molecule has 128 valence electrons. The molecule has 0 fully saturated rings. The van der Waals surface area contributed by atoms with Crippen LogP contribution >= 0.6 is 0 Å². The van der Waals surface area contributed by atoms with E-state index in [0.29, 0.717) is 5.75 Å². The van der Waals surface area contributed by atoms with Crippen LogP contribution in [0.1, 0.15) is 17.7 Å². The minimum Gasteiger partial charge on any atom is -0.497 e. The number of benzene rings is 2. The number of methoxy groups -OCH3 is 1. The largest absolute Gasteiger partial charge is 0.497 e. The van der Waals surface area contributed by atoms with Gasteiger partial charge in [-0.05, 0) is 36.4 Å². The van der Waals surface area contributed by atoms with E-state index in [4.69, 9.17) is 9.47 Å². The number of sulfone groups is 1. The smallest absolute Gasteiger partial charge is 0.186 e. The second-order valence-electron chi connectivity index (χ2n) is 5.70. The van der Waals surface area contributed by atoms with Gasteiger partial charge >= 0.3 is 0 Å². The fourth-order valence-corrected chi connectivity index (χ4v) is 4.95. The normalized spacial score (nSPS) is 20.2. The van der Waals surface area contributed by atoms with Crippen molar-refractivity contribution >= 4 is 9.84 Å². The molecule has 7 heteroatoms. The van der Waals surface area contributed by atoms with Gasteiger partial charge in [0, 0.05) is 5.92 Å². The topological polar surface area (TPSA) is 52.6 Å². The Bertz CT molecular complexity index is 863. The van der Waals surface area contributed by atoms with Gasteiger partial charge in [-0.15, -0.1) is 0 Å². The molecule has 3 rings (SSSR count). The third kappa shape index (κ3) is 2.62. The van der Waals surface area contributed by atoms with Crippen molar-refractivity contribution in [2.24, 2.45) is 5.92 Å². The number of halogens is 2. The standard InChI is InChI=1S/C17H16F2O4S/c1-10-9-23-16-14(19)8-7-13(18)15(16)17(10)24(20,21)12-5-3-11(22-2)4-6-12/h3-8,10,17H,9H2,1-2H3/t10?,17-/m0/s1. The van der Waals surface area contributed by atoms with Crippen LogP contribution in [0.25, 0.3) is 0 Å². The summed E-state index contributed by atoms with van der Waals surface area (Å²) >= 11 is 0. The van der Waals surface area contributed by atoms with Gasteiger partial charge in [0.15, 0.2) is 21.4 Å². The Morgan fingerprint density at radius 2 is 1.71 bits per heavy atom. The van der Waals surface area contributed by atoms with Crippen molar-refractivity contribution in [3.8, 4) is 11.5 Å². The van der Waals surface area contributed by atoms with E-state index >= 15 is 0 Å². The molecule has 2 aromatic carbocycles. The highest BCUT2D eigenvalue weighted by Crippen LogP contribution is 2.45. The van der Waals surface area contributed by atoms with E-state index in [9.17, 15) is 17.2 Å². The lowest BCUT2D eigenvalue weighted by Gasteiger charge is -2.31. The van der Waals surface area contributed by atoms with Gasteiger partial charge in [-0.2, -0.15) is 0 Å². The summed E-state index contributed by atoms with van der Waals surface area (Å²) in [6.07, 6.45) is 0. The van der Waals surface area contributed by atoms with Crippen LogP contribution in [0.2, 0.25) is 0 Å². The van der Waals surface area contributed by atoms with Crippen molar-refractivity contribution in [3.63, 3.8) is 0 Å². The summed E-state index contributed by atoms with van der Waals surface area (Å²) in [5, 5.41) is -1.22. The molecule has 0 amide bonds. The minimum atomic E-state index is -3.93. The molecule has 0 saturated carbocycles. The van der Waals surface area contributed by atoms with Gasteiger partial charge in [-0.1, -0.05) is 6.92 Å². The average Bonchev–Trinajstić information content (AvgIpc) is 2.58. The van der Waals surface area contributed by atoms with Crippen LogP contribution in [0.5, 0.6) is 11.5 Å². The summed E-state index contributed by atoms with van der Waals surface area (Å²) in [6, 6.07) is 7.67. The quantitative estimate of drug-likeness (QED) is 0.846. The molecule has 0 radical (unpaired) electrons. The highest BCUT2D eigenvalue weighted by Gasteiger charge is 2.42. The fraction of sp³-hybridized carbons (Fsp3) is 0.294. The van der Waals surface area contributed by atoms with Gasteiger partial charge in [-0.25, -0.2) is 17.2 Å². The molecule has 2 aromatic rings. The minimum absolute atomic E-state index is 0.00652. The molecule has 24 heavy (non-hydrogen) atoms. The molecule has 0 spiro atoms. The van der Waals surface area contributed by atoms with E-state index in [1.165, 1.54) is 31.4 Å². The first-order valence-corrected chi connectivity index (χ1v) is 8.89. The Hall–Kier alpha value is -2.15. The van der Waals surface area contributed by atoms with Gasteiger partial charge in [0.25, 0.3) is 0 Å². The Morgan fingerprint density at radius 3 is 2.33 bits per heavy atom. The maximum absolute atomic E-state index is 14.3. The highest BCUT2D eigenvalue weighted by molar-refractivity contribution is 7.91. The van der Waals surface area contributed by atoms with Crippen molar-refractivity contribution in [1.82, 2.24) is 0 Å². The third-order valence-electron chi connectivity index (χ3n) is 4.11. The number of rotatable bonds is 3. The predicted octanol–water partition coefficient (Wildman–Crippen LogP) is 3.52. The van der Waals surface area contributed by atoms with Gasteiger partial charge < -0.3 is 9.47 Å². The average molecular weight is 354 g/mol. The maximum atomic E-state index is 14.3. The van der Waals surface area contributed by atoms with Crippen molar-refractivity contribution in [3.05, 3.63) is 53.6 Å². The van der Waals surface area contributed by atoms with E-state index in [1.54, 1.807) is 6.92 Å². The van der Waals surface area contributed by atoms with E-state index in [1.807, 2.05) is 0 Å².